The Kier molecular flexibility index (Phi) is 3.16. The molecule has 0 saturated heterocycles. The van der Waals surface area contributed by atoms with Gasteiger partial charge in [0.25, 0.3) is 0 Å². The number of nitrogens with zero attached hydrogens (tertiary/aromatic N) is 3. The summed E-state index contributed by atoms with van der Waals surface area (Å²) in [4.78, 5) is 13.0. The average Bonchev–Trinajstić information content (AvgIpc) is 2.86. The largest absolute Gasteiger partial charge is 0.384 e. The molecular weight excluding hydrogens is 258 g/mol. The third-order valence-electron chi connectivity index (χ3n) is 3.04. The predicted molar refractivity (Wildman–Crippen MR) is 73.4 cm³/mol. The van der Waals surface area contributed by atoms with E-state index < -0.39 is 0 Å². The van der Waals surface area contributed by atoms with E-state index in [0.29, 0.717) is 10.7 Å². The van der Waals surface area contributed by atoms with Crippen molar-refractivity contribution in [2.24, 2.45) is 5.73 Å². The highest BCUT2D eigenvalue weighted by Crippen LogP contribution is 2.30. The van der Waals surface area contributed by atoms with Gasteiger partial charge in [-0.3, -0.25) is 5.41 Å². The van der Waals surface area contributed by atoms with Gasteiger partial charge in [-0.15, -0.1) is 0 Å². The molecule has 2 aromatic rings. The minimum Gasteiger partial charge on any atom is -0.384 e. The summed E-state index contributed by atoms with van der Waals surface area (Å²) in [6.45, 7) is 0. The van der Waals surface area contributed by atoms with E-state index in [4.69, 9.17) is 11.1 Å². The van der Waals surface area contributed by atoms with Crippen LogP contribution in [0.4, 0.5) is 0 Å². The molecule has 96 valence electrons. The number of rotatable bonds is 3. The maximum Gasteiger partial charge on any atom is 0.193 e. The molecule has 19 heavy (non-hydrogen) atoms. The van der Waals surface area contributed by atoms with Crippen molar-refractivity contribution >= 4 is 17.6 Å². The number of aryl methyl sites for hydroxylation is 2. The van der Waals surface area contributed by atoms with Crippen molar-refractivity contribution in [2.45, 2.75) is 29.4 Å². The van der Waals surface area contributed by atoms with Crippen LogP contribution in [0.1, 0.15) is 23.2 Å². The third kappa shape index (κ3) is 2.44. The van der Waals surface area contributed by atoms with Crippen molar-refractivity contribution in [3.63, 3.8) is 0 Å². The highest BCUT2D eigenvalue weighted by molar-refractivity contribution is 7.99. The minimum absolute atomic E-state index is 0.0423. The van der Waals surface area contributed by atoms with Crippen LogP contribution in [-0.2, 0) is 12.8 Å². The van der Waals surface area contributed by atoms with Gasteiger partial charge in [-0.25, -0.2) is 15.0 Å². The van der Waals surface area contributed by atoms with E-state index in [-0.39, 0.29) is 5.84 Å². The van der Waals surface area contributed by atoms with Gasteiger partial charge < -0.3 is 5.73 Å². The Morgan fingerprint density at radius 2 is 2.05 bits per heavy atom. The van der Waals surface area contributed by atoms with E-state index in [1.54, 1.807) is 18.5 Å². The number of hydrogen-bond acceptors (Lipinski definition) is 5. The summed E-state index contributed by atoms with van der Waals surface area (Å²) in [5, 5.41) is 9.03. The number of nitrogen functional groups attached to an aromatic ring is 1. The lowest BCUT2D eigenvalue weighted by Crippen LogP contribution is -2.14. The molecule has 0 spiro atoms. The Hall–Kier alpha value is -1.95. The maximum absolute atomic E-state index is 7.69. The number of fused-ring (bicyclic) bond motifs is 1. The highest BCUT2D eigenvalue weighted by Gasteiger charge is 2.18. The molecule has 0 aromatic carbocycles. The minimum atomic E-state index is 0.0423. The van der Waals surface area contributed by atoms with Gasteiger partial charge in [-0.1, -0.05) is 0 Å². The van der Waals surface area contributed by atoms with Gasteiger partial charge in [0, 0.05) is 23.7 Å². The molecule has 0 atom stereocenters. The number of amidine groups is 1. The van der Waals surface area contributed by atoms with Crippen LogP contribution >= 0.6 is 11.8 Å². The molecule has 1 aliphatic rings. The van der Waals surface area contributed by atoms with Crippen LogP contribution in [-0.4, -0.2) is 20.8 Å². The van der Waals surface area contributed by atoms with Gasteiger partial charge in [-0.05, 0) is 48.7 Å². The van der Waals surface area contributed by atoms with Gasteiger partial charge >= 0.3 is 0 Å². The molecule has 0 bridgehead atoms. The number of hydrogen-bond donors (Lipinski definition) is 2. The summed E-state index contributed by atoms with van der Waals surface area (Å²) >= 11 is 1.35. The molecule has 3 rings (SSSR count). The van der Waals surface area contributed by atoms with Crippen LogP contribution in [0.15, 0.2) is 34.7 Å². The lowest BCUT2D eigenvalue weighted by atomic mass is 10.1. The van der Waals surface area contributed by atoms with Gasteiger partial charge in [0.1, 0.15) is 10.9 Å². The maximum atomic E-state index is 7.69. The zero-order valence-electron chi connectivity index (χ0n) is 10.3. The smallest absolute Gasteiger partial charge is 0.193 e. The molecule has 3 N–H and O–H groups in total. The van der Waals surface area contributed by atoms with E-state index in [9.17, 15) is 0 Å². The summed E-state index contributed by atoms with van der Waals surface area (Å²) in [6.07, 6.45) is 6.52. The van der Waals surface area contributed by atoms with Crippen LogP contribution in [0, 0.1) is 5.41 Å². The Morgan fingerprint density at radius 1 is 1.26 bits per heavy atom. The number of aromatic nitrogens is 3. The third-order valence-corrected chi connectivity index (χ3v) is 3.93. The zero-order valence-corrected chi connectivity index (χ0v) is 11.1. The normalized spacial score (nSPS) is 13.3. The van der Waals surface area contributed by atoms with Crippen LogP contribution in [0.25, 0.3) is 0 Å². The fourth-order valence-electron chi connectivity index (χ4n) is 2.15. The summed E-state index contributed by atoms with van der Waals surface area (Å²) in [5.74, 6) is 0.0423. The highest BCUT2D eigenvalue weighted by atomic mass is 32.2. The second kappa shape index (κ2) is 4.97. The molecule has 6 heteroatoms. The summed E-state index contributed by atoms with van der Waals surface area (Å²) in [7, 11) is 0. The molecule has 0 fully saturated rings. The fourth-order valence-corrected chi connectivity index (χ4v) is 2.98. The van der Waals surface area contributed by atoms with Crippen LogP contribution in [0.5, 0.6) is 0 Å². The molecule has 0 aliphatic heterocycles. The molecule has 0 saturated carbocycles. The molecule has 5 nitrogen and oxygen atoms in total. The Balaban J connectivity index is 2.02. The van der Waals surface area contributed by atoms with E-state index in [0.717, 1.165) is 30.0 Å². The van der Waals surface area contributed by atoms with Crippen molar-refractivity contribution in [1.29, 1.82) is 5.41 Å². The second-order valence-electron chi connectivity index (χ2n) is 4.35. The fraction of sp³-hybridized carbons (Fsp3) is 0.231. The molecule has 0 unspecified atom stereocenters. The first kappa shape index (κ1) is 12.1. The average molecular weight is 271 g/mol. The van der Waals surface area contributed by atoms with Gasteiger partial charge in [-0.2, -0.15) is 0 Å². The molecule has 2 heterocycles. The lowest BCUT2D eigenvalue weighted by molar-refractivity contribution is 0.889. The Bertz CT molecular complexity index is 626. The van der Waals surface area contributed by atoms with Crippen molar-refractivity contribution < 1.29 is 0 Å². The van der Waals surface area contributed by atoms with E-state index in [2.05, 4.69) is 15.0 Å². The first-order chi connectivity index (χ1) is 9.24. The van der Waals surface area contributed by atoms with Crippen LogP contribution in [0.2, 0.25) is 0 Å². The quantitative estimate of drug-likeness (QED) is 0.505. The first-order valence-electron chi connectivity index (χ1n) is 6.06. The molecule has 2 aromatic heterocycles. The number of nitrogens with two attached hydrogens (primary N) is 1. The first-order valence-corrected chi connectivity index (χ1v) is 6.88. The Labute approximate surface area is 115 Å². The number of nitrogens with one attached hydrogen (secondary N) is 1. The molecule has 1 aliphatic carbocycles. The summed E-state index contributed by atoms with van der Waals surface area (Å²) in [5.41, 5.74) is 8.66. The van der Waals surface area contributed by atoms with Crippen molar-refractivity contribution in [3.05, 3.63) is 41.3 Å². The lowest BCUT2D eigenvalue weighted by Gasteiger charge is -2.09. The molecule has 0 radical (unpaired) electrons. The van der Waals surface area contributed by atoms with Crippen molar-refractivity contribution in [3.8, 4) is 0 Å². The van der Waals surface area contributed by atoms with Crippen LogP contribution in [0.3, 0.4) is 0 Å². The molecule has 0 amide bonds. The van der Waals surface area contributed by atoms with E-state index in [1.807, 2.05) is 6.07 Å². The van der Waals surface area contributed by atoms with Crippen LogP contribution < -0.4 is 5.73 Å². The van der Waals surface area contributed by atoms with E-state index in [1.165, 1.54) is 17.3 Å². The van der Waals surface area contributed by atoms with Crippen molar-refractivity contribution in [2.75, 3.05) is 0 Å². The predicted octanol–water partition coefficient (Wildman–Crippen LogP) is 1.80. The Morgan fingerprint density at radius 3 is 2.79 bits per heavy atom. The van der Waals surface area contributed by atoms with Crippen molar-refractivity contribution in [1.82, 2.24) is 15.0 Å². The number of pyridine rings is 1. The topological polar surface area (TPSA) is 88.5 Å². The molecular formula is C13H13N5S. The van der Waals surface area contributed by atoms with E-state index >= 15 is 0 Å². The van der Waals surface area contributed by atoms with Gasteiger partial charge in [0.15, 0.2) is 5.16 Å². The standard InChI is InChI=1S/C13H13N5S/c14-11(15)9-7-8-3-1-4-10(8)18-12(9)19-13-16-5-2-6-17-13/h2,5-7H,1,3-4H2,(H3,14,15). The SMILES string of the molecule is N=C(N)c1cc2c(nc1Sc1ncccn1)CCC2. The zero-order chi connectivity index (χ0) is 13.2. The summed E-state index contributed by atoms with van der Waals surface area (Å²) < 4.78 is 0. The van der Waals surface area contributed by atoms with Gasteiger partial charge in [0.2, 0.25) is 0 Å². The monoisotopic (exact) mass is 271 g/mol. The van der Waals surface area contributed by atoms with Gasteiger partial charge in [0.05, 0.1) is 0 Å². The second-order valence-corrected chi connectivity index (χ2v) is 5.30. The summed E-state index contributed by atoms with van der Waals surface area (Å²) in [6, 6.07) is 3.76.